The van der Waals surface area contributed by atoms with Gasteiger partial charge >= 0.3 is 5.97 Å². The highest BCUT2D eigenvalue weighted by Gasteiger charge is 2.14. The van der Waals surface area contributed by atoms with Gasteiger partial charge in [-0.1, -0.05) is 6.92 Å². The van der Waals surface area contributed by atoms with Crippen LogP contribution in [0.3, 0.4) is 0 Å². The van der Waals surface area contributed by atoms with E-state index >= 15 is 0 Å². The van der Waals surface area contributed by atoms with Crippen LogP contribution in [-0.4, -0.2) is 41.1 Å². The van der Waals surface area contributed by atoms with E-state index in [9.17, 15) is 13.2 Å². The summed E-state index contributed by atoms with van der Waals surface area (Å²) in [5, 5.41) is 3.02. The van der Waals surface area contributed by atoms with E-state index in [-0.39, 0.29) is 17.3 Å². The van der Waals surface area contributed by atoms with Crippen LogP contribution in [0.4, 0.5) is 0 Å². The lowest BCUT2D eigenvalue weighted by molar-refractivity contribution is 0.0600. The van der Waals surface area contributed by atoms with E-state index in [1.165, 1.54) is 31.4 Å². The van der Waals surface area contributed by atoms with Crippen LogP contribution in [0, 0.1) is 0 Å². The summed E-state index contributed by atoms with van der Waals surface area (Å²) in [6.07, 6.45) is 0. The molecule has 0 spiro atoms. The molecule has 0 saturated heterocycles. The fourth-order valence-electron chi connectivity index (χ4n) is 1.42. The average Bonchev–Trinajstić information content (AvgIpc) is 2.43. The van der Waals surface area contributed by atoms with E-state index in [1.807, 2.05) is 6.92 Å². The zero-order chi connectivity index (χ0) is 14.3. The van der Waals surface area contributed by atoms with Gasteiger partial charge in [0.05, 0.1) is 17.6 Å². The lowest BCUT2D eigenvalue weighted by Gasteiger charge is -2.07. The van der Waals surface area contributed by atoms with Crippen molar-refractivity contribution in [1.29, 1.82) is 0 Å². The van der Waals surface area contributed by atoms with Crippen LogP contribution in [0.25, 0.3) is 0 Å². The average molecular weight is 323 g/mol. The summed E-state index contributed by atoms with van der Waals surface area (Å²) in [6.45, 7) is 3.61. The van der Waals surface area contributed by atoms with Crippen molar-refractivity contribution in [2.75, 3.05) is 26.7 Å². The van der Waals surface area contributed by atoms with Crippen LogP contribution in [0.1, 0.15) is 17.3 Å². The standard InChI is InChI=1S/C12H18N2O4S.ClH/c1-3-13-8-9-14-19(16,17)11-6-4-10(5-7-11)12(15)18-2;/h4-7,13-14H,3,8-9H2,1-2H3;1H. The van der Waals surface area contributed by atoms with E-state index in [0.717, 1.165) is 6.54 Å². The number of esters is 1. The predicted molar refractivity (Wildman–Crippen MR) is 78.8 cm³/mol. The van der Waals surface area contributed by atoms with E-state index in [1.54, 1.807) is 0 Å². The predicted octanol–water partition coefficient (Wildman–Crippen LogP) is 0.783. The van der Waals surface area contributed by atoms with Crippen molar-refractivity contribution in [3.63, 3.8) is 0 Å². The first-order chi connectivity index (χ1) is 9.01. The molecule has 2 N–H and O–H groups in total. The van der Waals surface area contributed by atoms with E-state index < -0.39 is 16.0 Å². The van der Waals surface area contributed by atoms with Gasteiger partial charge in [-0.3, -0.25) is 0 Å². The van der Waals surface area contributed by atoms with Crippen LogP contribution < -0.4 is 10.0 Å². The number of halogens is 1. The van der Waals surface area contributed by atoms with Gasteiger partial charge in [0.2, 0.25) is 10.0 Å². The van der Waals surface area contributed by atoms with E-state index in [0.29, 0.717) is 18.7 Å². The Morgan fingerprint density at radius 2 is 1.80 bits per heavy atom. The summed E-state index contributed by atoms with van der Waals surface area (Å²) >= 11 is 0. The van der Waals surface area contributed by atoms with Crippen molar-refractivity contribution in [2.45, 2.75) is 11.8 Å². The first kappa shape index (κ1) is 18.9. The van der Waals surface area contributed by atoms with E-state index in [2.05, 4.69) is 14.8 Å². The number of hydrogen-bond donors (Lipinski definition) is 2. The number of ether oxygens (including phenoxy) is 1. The van der Waals surface area contributed by atoms with Gasteiger partial charge in [0, 0.05) is 13.1 Å². The Kier molecular flexibility index (Phi) is 8.40. The topological polar surface area (TPSA) is 84.5 Å². The minimum absolute atomic E-state index is 0. The monoisotopic (exact) mass is 322 g/mol. The van der Waals surface area contributed by atoms with Crippen molar-refractivity contribution in [2.24, 2.45) is 0 Å². The summed E-state index contributed by atoms with van der Waals surface area (Å²) in [4.78, 5) is 11.3. The van der Waals surface area contributed by atoms with E-state index in [4.69, 9.17) is 0 Å². The van der Waals surface area contributed by atoms with Gasteiger partial charge in [-0.05, 0) is 30.8 Å². The van der Waals surface area contributed by atoms with Crippen molar-refractivity contribution < 1.29 is 17.9 Å². The lowest BCUT2D eigenvalue weighted by atomic mass is 10.2. The van der Waals surface area contributed by atoms with Gasteiger partial charge < -0.3 is 10.1 Å². The minimum atomic E-state index is -3.53. The molecule has 0 bridgehead atoms. The van der Waals surface area contributed by atoms with Crippen LogP contribution in [0.5, 0.6) is 0 Å². The van der Waals surface area contributed by atoms with Crippen molar-refractivity contribution >= 4 is 28.4 Å². The third-order valence-corrected chi connectivity index (χ3v) is 3.91. The van der Waals surface area contributed by atoms with Crippen LogP contribution in [0.2, 0.25) is 0 Å². The normalized spacial score (nSPS) is 10.7. The smallest absolute Gasteiger partial charge is 0.337 e. The summed E-state index contributed by atoms with van der Waals surface area (Å²) in [6, 6.07) is 5.60. The second-order valence-electron chi connectivity index (χ2n) is 3.77. The van der Waals surface area contributed by atoms with Crippen molar-refractivity contribution in [1.82, 2.24) is 10.0 Å². The fourth-order valence-corrected chi connectivity index (χ4v) is 2.45. The fraction of sp³-hybridized carbons (Fsp3) is 0.417. The zero-order valence-electron chi connectivity index (χ0n) is 11.4. The first-order valence-corrected chi connectivity index (χ1v) is 7.38. The Morgan fingerprint density at radius 3 is 2.30 bits per heavy atom. The molecular formula is C12H19ClN2O4S. The number of hydrogen-bond acceptors (Lipinski definition) is 5. The molecule has 0 aliphatic carbocycles. The third-order valence-electron chi connectivity index (χ3n) is 2.43. The molecule has 0 aliphatic rings. The number of carbonyl (C=O) groups is 1. The molecule has 1 aromatic carbocycles. The molecule has 6 nitrogen and oxygen atoms in total. The maximum absolute atomic E-state index is 11.9. The number of methoxy groups -OCH3 is 1. The maximum Gasteiger partial charge on any atom is 0.337 e. The Morgan fingerprint density at radius 1 is 1.20 bits per heavy atom. The number of nitrogens with one attached hydrogen (secondary N) is 2. The van der Waals surface area contributed by atoms with Crippen LogP contribution >= 0.6 is 12.4 Å². The highest BCUT2D eigenvalue weighted by atomic mass is 35.5. The van der Waals surface area contributed by atoms with Gasteiger partial charge in [-0.15, -0.1) is 12.4 Å². The Balaban J connectivity index is 0.00000361. The van der Waals surface area contributed by atoms with Gasteiger partial charge in [0.15, 0.2) is 0 Å². The maximum atomic E-state index is 11.9. The molecule has 0 fully saturated rings. The number of rotatable bonds is 7. The number of carbonyl (C=O) groups excluding carboxylic acids is 1. The minimum Gasteiger partial charge on any atom is -0.465 e. The summed E-state index contributed by atoms with van der Waals surface area (Å²) < 4.78 is 30.8. The molecule has 1 rings (SSSR count). The molecule has 0 atom stereocenters. The Hall–Kier alpha value is -1.15. The quantitative estimate of drug-likeness (QED) is 0.572. The van der Waals surface area contributed by atoms with Crippen molar-refractivity contribution in [3.05, 3.63) is 29.8 Å². The second kappa shape index (κ2) is 8.91. The molecule has 0 amide bonds. The molecule has 0 aliphatic heterocycles. The summed E-state index contributed by atoms with van der Waals surface area (Å²) in [5.74, 6) is -0.496. The van der Waals surface area contributed by atoms with Crippen molar-refractivity contribution in [3.8, 4) is 0 Å². The second-order valence-corrected chi connectivity index (χ2v) is 5.53. The molecular weight excluding hydrogens is 304 g/mol. The molecule has 0 aromatic heterocycles. The van der Waals surface area contributed by atoms with Gasteiger partial charge in [0.1, 0.15) is 0 Å². The molecule has 0 heterocycles. The number of likely N-dealkylation sites (N-methyl/N-ethyl adjacent to an activating group) is 1. The Labute approximate surface area is 125 Å². The SMILES string of the molecule is CCNCCNS(=O)(=O)c1ccc(C(=O)OC)cc1.Cl. The third kappa shape index (κ3) is 5.46. The molecule has 1 aromatic rings. The first-order valence-electron chi connectivity index (χ1n) is 5.90. The van der Waals surface area contributed by atoms with Gasteiger partial charge in [0.25, 0.3) is 0 Å². The Bertz CT molecular complexity index is 517. The van der Waals surface area contributed by atoms with Gasteiger partial charge in [-0.25, -0.2) is 17.9 Å². The lowest BCUT2D eigenvalue weighted by Crippen LogP contribution is -2.31. The van der Waals surface area contributed by atoms with Crippen LogP contribution in [-0.2, 0) is 14.8 Å². The number of sulfonamides is 1. The zero-order valence-corrected chi connectivity index (χ0v) is 13.0. The summed E-state index contributed by atoms with van der Waals surface area (Å²) in [7, 11) is -2.26. The molecule has 0 unspecified atom stereocenters. The van der Waals surface area contributed by atoms with Crippen LogP contribution in [0.15, 0.2) is 29.2 Å². The number of benzene rings is 1. The molecule has 0 saturated carbocycles. The van der Waals surface area contributed by atoms with Gasteiger partial charge in [-0.2, -0.15) is 0 Å². The molecule has 0 radical (unpaired) electrons. The molecule has 114 valence electrons. The molecule has 20 heavy (non-hydrogen) atoms. The largest absolute Gasteiger partial charge is 0.465 e. The highest BCUT2D eigenvalue weighted by Crippen LogP contribution is 2.10. The highest BCUT2D eigenvalue weighted by molar-refractivity contribution is 7.89. The molecule has 8 heteroatoms. The summed E-state index contributed by atoms with van der Waals surface area (Å²) in [5.41, 5.74) is 0.314.